The van der Waals surface area contributed by atoms with Crippen LogP contribution in [0.5, 0.6) is 11.5 Å². The molecule has 4 nitrogen and oxygen atoms in total. The summed E-state index contributed by atoms with van der Waals surface area (Å²) in [6, 6.07) is 5.32. The summed E-state index contributed by atoms with van der Waals surface area (Å²) < 4.78 is 16.0. The Balaban J connectivity index is 1.53. The zero-order valence-electron chi connectivity index (χ0n) is 11.8. The molecule has 0 radical (unpaired) electrons. The second-order valence-electron chi connectivity index (χ2n) is 5.38. The molecule has 1 saturated heterocycles. The molecule has 3 rings (SSSR count). The van der Waals surface area contributed by atoms with E-state index < -0.39 is 0 Å². The van der Waals surface area contributed by atoms with E-state index in [0.29, 0.717) is 17.1 Å². The first-order valence-electron chi connectivity index (χ1n) is 7.39. The van der Waals surface area contributed by atoms with Gasteiger partial charge in [0.15, 0.2) is 17.3 Å². The van der Waals surface area contributed by atoms with Gasteiger partial charge in [-0.2, -0.15) is 0 Å². The minimum absolute atomic E-state index is 0.0591. The highest BCUT2D eigenvalue weighted by molar-refractivity contribution is 6.01. The monoisotopic (exact) mass is 276 g/mol. The normalized spacial score (nSPS) is 22.9. The maximum absolute atomic E-state index is 12.3. The Morgan fingerprint density at radius 3 is 2.90 bits per heavy atom. The number of hydrogen-bond donors (Lipinski definition) is 0. The molecule has 20 heavy (non-hydrogen) atoms. The molecule has 4 heteroatoms. The van der Waals surface area contributed by atoms with Gasteiger partial charge in [0.1, 0.15) is 6.10 Å². The molecular weight excluding hydrogens is 256 g/mol. The van der Waals surface area contributed by atoms with Crippen LogP contribution < -0.4 is 9.47 Å². The van der Waals surface area contributed by atoms with Crippen LogP contribution >= 0.6 is 0 Å². The van der Waals surface area contributed by atoms with Crippen LogP contribution in [0.4, 0.5) is 0 Å². The molecule has 0 aromatic heterocycles. The summed E-state index contributed by atoms with van der Waals surface area (Å²) in [6.45, 7) is 2.42. The van der Waals surface area contributed by atoms with Crippen molar-refractivity contribution in [1.29, 1.82) is 0 Å². The van der Waals surface area contributed by atoms with E-state index in [4.69, 9.17) is 14.2 Å². The van der Waals surface area contributed by atoms with Gasteiger partial charge in [0.25, 0.3) is 0 Å². The van der Waals surface area contributed by atoms with Crippen molar-refractivity contribution >= 4 is 5.78 Å². The summed E-state index contributed by atoms with van der Waals surface area (Å²) in [7, 11) is 0. The van der Waals surface area contributed by atoms with Crippen molar-refractivity contribution in [3.63, 3.8) is 0 Å². The van der Waals surface area contributed by atoms with Crippen LogP contribution in [0.25, 0.3) is 0 Å². The average Bonchev–Trinajstić information content (AvgIpc) is 3.08. The van der Waals surface area contributed by atoms with E-state index in [1.165, 1.54) is 19.3 Å². The number of carbonyl (C=O) groups excluding carboxylic acids is 1. The van der Waals surface area contributed by atoms with Gasteiger partial charge >= 0.3 is 0 Å². The van der Waals surface area contributed by atoms with E-state index >= 15 is 0 Å². The number of ether oxygens (including phenoxy) is 3. The third-order valence-corrected chi connectivity index (χ3v) is 3.84. The van der Waals surface area contributed by atoms with Crippen molar-refractivity contribution in [3.05, 3.63) is 23.8 Å². The molecule has 0 bridgehead atoms. The fraction of sp³-hybridized carbons (Fsp3) is 0.562. The summed E-state index contributed by atoms with van der Waals surface area (Å²) in [5, 5.41) is 0. The molecule has 2 heterocycles. The lowest BCUT2D eigenvalue weighted by atomic mass is 10.0. The number of benzene rings is 1. The SMILES string of the molecule is CCCCCC[C@H]1O[C@H]1C(=O)c1ccc2c(c1)OCO2. The Labute approximate surface area is 119 Å². The van der Waals surface area contributed by atoms with Gasteiger partial charge in [-0.15, -0.1) is 0 Å². The van der Waals surface area contributed by atoms with E-state index in [1.807, 2.05) is 0 Å². The number of ketones is 1. The van der Waals surface area contributed by atoms with Crippen LogP contribution in [-0.4, -0.2) is 24.8 Å². The Hall–Kier alpha value is -1.55. The van der Waals surface area contributed by atoms with Crippen LogP contribution in [0.1, 0.15) is 49.4 Å². The highest BCUT2D eigenvalue weighted by Crippen LogP contribution is 2.35. The number of rotatable bonds is 7. The summed E-state index contributed by atoms with van der Waals surface area (Å²) >= 11 is 0. The first-order chi connectivity index (χ1) is 9.79. The number of fused-ring (bicyclic) bond motifs is 1. The smallest absolute Gasteiger partial charge is 0.231 e. The average molecular weight is 276 g/mol. The van der Waals surface area contributed by atoms with E-state index in [2.05, 4.69) is 6.92 Å². The molecule has 1 aromatic carbocycles. The summed E-state index contributed by atoms with van der Waals surface area (Å²) in [5.41, 5.74) is 0.648. The van der Waals surface area contributed by atoms with E-state index in [9.17, 15) is 4.79 Å². The molecule has 2 aliphatic rings. The molecule has 0 saturated carbocycles. The molecule has 1 fully saturated rings. The molecule has 0 spiro atoms. The van der Waals surface area contributed by atoms with Crippen molar-refractivity contribution in [2.45, 2.75) is 51.2 Å². The van der Waals surface area contributed by atoms with Crippen LogP contribution in [0, 0.1) is 0 Å². The highest BCUT2D eigenvalue weighted by Gasteiger charge is 2.44. The lowest BCUT2D eigenvalue weighted by Gasteiger charge is -2.00. The van der Waals surface area contributed by atoms with E-state index in [1.54, 1.807) is 18.2 Å². The predicted molar refractivity (Wildman–Crippen MR) is 74.3 cm³/mol. The second-order valence-corrected chi connectivity index (χ2v) is 5.38. The maximum atomic E-state index is 12.3. The molecule has 108 valence electrons. The van der Waals surface area contributed by atoms with Crippen molar-refractivity contribution in [3.8, 4) is 11.5 Å². The molecule has 1 aromatic rings. The lowest BCUT2D eigenvalue weighted by molar-refractivity contribution is 0.0953. The molecular formula is C16H20O4. The van der Waals surface area contributed by atoms with Crippen molar-refractivity contribution in [1.82, 2.24) is 0 Å². The third kappa shape index (κ3) is 2.80. The Kier molecular flexibility index (Phi) is 3.92. The highest BCUT2D eigenvalue weighted by atomic mass is 16.7. The van der Waals surface area contributed by atoms with Crippen LogP contribution in [-0.2, 0) is 4.74 Å². The Morgan fingerprint density at radius 2 is 2.05 bits per heavy atom. The third-order valence-electron chi connectivity index (χ3n) is 3.84. The van der Waals surface area contributed by atoms with Gasteiger partial charge in [0.2, 0.25) is 6.79 Å². The molecule has 2 aliphatic heterocycles. The fourth-order valence-electron chi connectivity index (χ4n) is 2.58. The van der Waals surface area contributed by atoms with Gasteiger partial charge in [-0.25, -0.2) is 0 Å². The fourth-order valence-corrected chi connectivity index (χ4v) is 2.58. The predicted octanol–water partition coefficient (Wildman–Crippen LogP) is 3.34. The van der Waals surface area contributed by atoms with Crippen molar-refractivity contribution in [2.75, 3.05) is 6.79 Å². The first-order valence-corrected chi connectivity index (χ1v) is 7.39. The van der Waals surface area contributed by atoms with Crippen LogP contribution in [0.2, 0.25) is 0 Å². The molecule has 0 aliphatic carbocycles. The maximum Gasteiger partial charge on any atom is 0.231 e. The number of carbonyl (C=O) groups is 1. The minimum atomic E-state index is -0.253. The minimum Gasteiger partial charge on any atom is -0.454 e. The first kappa shape index (κ1) is 13.4. The largest absolute Gasteiger partial charge is 0.454 e. The van der Waals surface area contributed by atoms with Gasteiger partial charge in [-0.05, 0) is 24.6 Å². The Morgan fingerprint density at radius 1 is 1.20 bits per heavy atom. The van der Waals surface area contributed by atoms with Crippen molar-refractivity contribution < 1.29 is 19.0 Å². The Bertz CT molecular complexity index is 497. The van der Waals surface area contributed by atoms with Gasteiger partial charge in [0, 0.05) is 5.56 Å². The second kappa shape index (κ2) is 5.83. The molecule has 0 unspecified atom stereocenters. The quantitative estimate of drug-likeness (QED) is 0.435. The van der Waals surface area contributed by atoms with Crippen molar-refractivity contribution in [2.24, 2.45) is 0 Å². The number of hydrogen-bond acceptors (Lipinski definition) is 4. The van der Waals surface area contributed by atoms with E-state index in [-0.39, 0.29) is 24.8 Å². The molecule has 2 atom stereocenters. The van der Waals surface area contributed by atoms with E-state index in [0.717, 1.165) is 12.8 Å². The topological polar surface area (TPSA) is 48.1 Å². The van der Waals surface area contributed by atoms with Gasteiger partial charge in [-0.3, -0.25) is 4.79 Å². The summed E-state index contributed by atoms with van der Waals surface area (Å²) in [5.74, 6) is 1.41. The number of Topliss-reactive ketones (excluding diaryl/α,β-unsaturated/α-hetero) is 1. The molecule has 0 N–H and O–H groups in total. The van der Waals surface area contributed by atoms with Gasteiger partial charge in [0.05, 0.1) is 6.10 Å². The lowest BCUT2D eigenvalue weighted by Crippen LogP contribution is -2.10. The van der Waals surface area contributed by atoms with Crippen LogP contribution in [0.3, 0.4) is 0 Å². The summed E-state index contributed by atoms with van der Waals surface area (Å²) in [6.07, 6.45) is 5.70. The standard InChI is InChI=1S/C16H20O4/c1-2-3-4-5-6-13-16(20-13)15(17)11-7-8-12-14(9-11)19-10-18-12/h7-9,13,16H,2-6,10H2,1H3/t13-,16-/m1/s1. The number of unbranched alkanes of at least 4 members (excludes halogenated alkanes) is 3. The zero-order valence-corrected chi connectivity index (χ0v) is 11.8. The van der Waals surface area contributed by atoms with Gasteiger partial charge < -0.3 is 14.2 Å². The number of epoxide rings is 1. The van der Waals surface area contributed by atoms with Crippen LogP contribution in [0.15, 0.2) is 18.2 Å². The summed E-state index contributed by atoms with van der Waals surface area (Å²) in [4.78, 5) is 12.3. The zero-order chi connectivity index (χ0) is 13.9. The van der Waals surface area contributed by atoms with Gasteiger partial charge in [-0.1, -0.05) is 32.6 Å². The molecule has 0 amide bonds.